The van der Waals surface area contributed by atoms with Crippen molar-refractivity contribution < 1.29 is 14.4 Å². The summed E-state index contributed by atoms with van der Waals surface area (Å²) in [6.45, 7) is 4.12. The number of hydrogen-bond acceptors (Lipinski definition) is 6. The fourth-order valence-electron chi connectivity index (χ4n) is 4.47. The number of likely N-dealkylation sites (tertiary alicyclic amines) is 2. The molecule has 1 atom stereocenters. The fraction of sp³-hybridized carbons (Fsp3) is 0.619. The lowest BCUT2D eigenvalue weighted by Crippen LogP contribution is -2.51. The van der Waals surface area contributed by atoms with Gasteiger partial charge in [-0.3, -0.25) is 19.5 Å². The molecule has 0 saturated carbocycles. The van der Waals surface area contributed by atoms with Gasteiger partial charge in [0.2, 0.25) is 5.91 Å². The van der Waals surface area contributed by atoms with Crippen LogP contribution in [0.1, 0.15) is 37.8 Å². The summed E-state index contributed by atoms with van der Waals surface area (Å²) < 4.78 is 0. The summed E-state index contributed by atoms with van der Waals surface area (Å²) in [4.78, 5) is 41.1. The van der Waals surface area contributed by atoms with Gasteiger partial charge in [-0.15, -0.1) is 0 Å². The highest BCUT2D eigenvalue weighted by Crippen LogP contribution is 2.34. The molecular formula is C21H29N5O3. The van der Waals surface area contributed by atoms with E-state index < -0.39 is 5.60 Å². The first kappa shape index (κ1) is 19.8. The third-order valence-electron chi connectivity index (χ3n) is 5.99. The topological polar surface area (TPSA) is 78.3 Å². The highest BCUT2D eigenvalue weighted by atomic mass is 16.7. The molecule has 1 spiro atoms. The Morgan fingerprint density at radius 3 is 2.79 bits per heavy atom. The molecule has 1 aromatic heterocycles. The molecule has 4 rings (SSSR count). The van der Waals surface area contributed by atoms with Crippen molar-refractivity contribution in [3.8, 4) is 0 Å². The van der Waals surface area contributed by atoms with Gasteiger partial charge in [-0.25, -0.2) is 0 Å². The van der Waals surface area contributed by atoms with E-state index in [0.29, 0.717) is 31.8 Å². The van der Waals surface area contributed by atoms with E-state index in [1.165, 1.54) is 0 Å². The first-order valence-electron chi connectivity index (χ1n) is 10.5. The van der Waals surface area contributed by atoms with Crippen LogP contribution in [0, 0.1) is 0 Å². The van der Waals surface area contributed by atoms with Gasteiger partial charge in [0.25, 0.3) is 5.91 Å². The molecule has 0 aliphatic carbocycles. The molecule has 2 saturated heterocycles. The first-order chi connectivity index (χ1) is 14.0. The lowest BCUT2D eigenvalue weighted by Gasteiger charge is -2.38. The summed E-state index contributed by atoms with van der Waals surface area (Å²) in [6.07, 6.45) is 6.21. The fourth-order valence-corrected chi connectivity index (χ4v) is 4.47. The van der Waals surface area contributed by atoms with Crippen LogP contribution in [0.5, 0.6) is 0 Å². The van der Waals surface area contributed by atoms with Gasteiger partial charge < -0.3 is 14.6 Å². The number of piperidine rings is 1. The summed E-state index contributed by atoms with van der Waals surface area (Å²) in [5.74, 6) is 0.0719. The maximum absolute atomic E-state index is 12.8. The van der Waals surface area contributed by atoms with Crippen LogP contribution in [0.15, 0.2) is 29.6 Å². The molecule has 29 heavy (non-hydrogen) atoms. The van der Waals surface area contributed by atoms with E-state index in [1.54, 1.807) is 18.1 Å². The second-order valence-corrected chi connectivity index (χ2v) is 8.37. The maximum atomic E-state index is 12.8. The largest absolute Gasteiger partial charge is 0.387 e. The van der Waals surface area contributed by atoms with Gasteiger partial charge in [-0.1, -0.05) is 11.2 Å². The van der Waals surface area contributed by atoms with E-state index in [4.69, 9.17) is 4.84 Å². The molecule has 8 nitrogen and oxygen atoms in total. The number of amides is 2. The zero-order chi connectivity index (χ0) is 20.3. The van der Waals surface area contributed by atoms with E-state index in [1.807, 2.05) is 23.1 Å². The molecule has 2 amide bonds. The zero-order valence-corrected chi connectivity index (χ0v) is 17.0. The van der Waals surface area contributed by atoms with E-state index in [9.17, 15) is 9.59 Å². The van der Waals surface area contributed by atoms with Gasteiger partial charge in [-0.05, 0) is 44.4 Å². The van der Waals surface area contributed by atoms with Crippen LogP contribution in [0.25, 0.3) is 0 Å². The molecule has 0 N–H and O–H groups in total. The SMILES string of the molecule is CN(Cc1ccccn1)C(=O)C1=NOC2(CCCN(CC(=O)N3CCCC3)C2)C1. The van der Waals surface area contributed by atoms with E-state index in [0.717, 1.165) is 51.0 Å². The maximum Gasteiger partial charge on any atom is 0.271 e. The lowest BCUT2D eigenvalue weighted by molar-refractivity contribution is -0.134. The van der Waals surface area contributed by atoms with Crippen LogP contribution in [0.3, 0.4) is 0 Å². The van der Waals surface area contributed by atoms with E-state index >= 15 is 0 Å². The Morgan fingerprint density at radius 1 is 1.21 bits per heavy atom. The summed E-state index contributed by atoms with van der Waals surface area (Å²) in [5.41, 5.74) is 0.804. The van der Waals surface area contributed by atoms with Crippen molar-refractivity contribution in [1.29, 1.82) is 0 Å². The highest BCUT2D eigenvalue weighted by molar-refractivity contribution is 6.39. The minimum atomic E-state index is -0.486. The minimum absolute atomic E-state index is 0.127. The summed E-state index contributed by atoms with van der Waals surface area (Å²) >= 11 is 0. The van der Waals surface area contributed by atoms with Crippen molar-refractivity contribution in [1.82, 2.24) is 19.7 Å². The molecule has 8 heteroatoms. The smallest absolute Gasteiger partial charge is 0.271 e. The van der Waals surface area contributed by atoms with Gasteiger partial charge in [0.1, 0.15) is 5.71 Å². The van der Waals surface area contributed by atoms with Gasteiger partial charge in [-0.2, -0.15) is 0 Å². The Balaban J connectivity index is 1.32. The predicted octanol–water partition coefficient (Wildman–Crippen LogP) is 1.27. The number of rotatable bonds is 5. The first-order valence-corrected chi connectivity index (χ1v) is 10.5. The van der Waals surface area contributed by atoms with Crippen LogP contribution < -0.4 is 0 Å². The monoisotopic (exact) mass is 399 g/mol. The molecule has 1 unspecified atom stereocenters. The number of carbonyl (C=O) groups excluding carboxylic acids is 2. The number of pyridine rings is 1. The quantitative estimate of drug-likeness (QED) is 0.745. The number of oxime groups is 1. The van der Waals surface area contributed by atoms with Crippen molar-refractivity contribution in [2.24, 2.45) is 5.16 Å². The molecule has 156 valence electrons. The third-order valence-corrected chi connectivity index (χ3v) is 5.99. The molecule has 0 radical (unpaired) electrons. The lowest BCUT2D eigenvalue weighted by atomic mass is 9.88. The van der Waals surface area contributed by atoms with Gasteiger partial charge in [0.15, 0.2) is 5.60 Å². The summed E-state index contributed by atoms with van der Waals surface area (Å²) in [6, 6.07) is 5.66. The van der Waals surface area contributed by atoms with Crippen LogP contribution in [-0.4, -0.2) is 82.6 Å². The van der Waals surface area contributed by atoms with E-state index in [2.05, 4.69) is 15.0 Å². The molecule has 2 fully saturated rings. The standard InChI is InChI=1S/C21H29N5O3/c1-24(14-17-7-2-3-9-22-17)20(28)18-13-21(29-23-18)8-6-10-25(16-21)15-19(27)26-11-4-5-12-26/h2-3,7,9H,4-6,8,10-16H2,1H3. The van der Waals surface area contributed by atoms with Crippen molar-refractivity contribution in [3.63, 3.8) is 0 Å². The Kier molecular flexibility index (Phi) is 5.80. The van der Waals surface area contributed by atoms with Crippen molar-refractivity contribution in [2.75, 3.05) is 39.8 Å². The Bertz CT molecular complexity index is 778. The summed E-state index contributed by atoms with van der Waals surface area (Å²) in [7, 11) is 1.76. The average molecular weight is 399 g/mol. The Morgan fingerprint density at radius 2 is 2.03 bits per heavy atom. The Labute approximate surface area is 171 Å². The molecular weight excluding hydrogens is 370 g/mol. The number of carbonyl (C=O) groups is 2. The number of aromatic nitrogens is 1. The number of hydrogen-bond donors (Lipinski definition) is 0. The predicted molar refractivity (Wildman–Crippen MR) is 108 cm³/mol. The average Bonchev–Trinajstić information content (AvgIpc) is 3.39. The van der Waals surface area contributed by atoms with E-state index in [-0.39, 0.29) is 11.8 Å². The van der Waals surface area contributed by atoms with Gasteiger partial charge in [0.05, 0.1) is 18.8 Å². The molecule has 0 bridgehead atoms. The zero-order valence-electron chi connectivity index (χ0n) is 17.0. The molecule has 4 heterocycles. The minimum Gasteiger partial charge on any atom is -0.387 e. The highest BCUT2D eigenvalue weighted by Gasteiger charge is 2.45. The van der Waals surface area contributed by atoms with Crippen molar-refractivity contribution in [3.05, 3.63) is 30.1 Å². The van der Waals surface area contributed by atoms with Gasteiger partial charge >= 0.3 is 0 Å². The van der Waals surface area contributed by atoms with Gasteiger partial charge in [0, 0.05) is 39.3 Å². The summed E-state index contributed by atoms with van der Waals surface area (Å²) in [5, 5.41) is 4.15. The normalized spacial score (nSPS) is 24.4. The van der Waals surface area contributed by atoms with Crippen LogP contribution in [-0.2, 0) is 21.0 Å². The van der Waals surface area contributed by atoms with Crippen molar-refractivity contribution >= 4 is 17.5 Å². The molecule has 3 aliphatic rings. The van der Waals surface area contributed by atoms with Crippen LogP contribution in [0.4, 0.5) is 0 Å². The van der Waals surface area contributed by atoms with Crippen molar-refractivity contribution in [2.45, 2.75) is 44.2 Å². The second-order valence-electron chi connectivity index (χ2n) is 8.37. The number of nitrogens with zero attached hydrogens (tertiary/aromatic N) is 5. The third kappa shape index (κ3) is 4.58. The second kappa shape index (κ2) is 8.49. The van der Waals surface area contributed by atoms with Crippen LogP contribution in [0.2, 0.25) is 0 Å². The molecule has 3 aliphatic heterocycles. The Hall–Kier alpha value is -2.48. The van der Waals surface area contributed by atoms with Crippen LogP contribution >= 0.6 is 0 Å². The molecule has 1 aromatic rings. The molecule has 0 aromatic carbocycles.